The second-order valence-electron chi connectivity index (χ2n) is 10.2. The summed E-state index contributed by atoms with van der Waals surface area (Å²) in [5, 5.41) is 10.6. The number of hydrogen-bond acceptors (Lipinski definition) is 0. The molecule has 0 spiro atoms. The topological polar surface area (TPSA) is 15.8 Å². The van der Waals surface area contributed by atoms with Crippen molar-refractivity contribution in [2.45, 2.75) is 19.3 Å². The molecule has 1 aliphatic rings. The Morgan fingerprint density at radius 3 is 1.85 bits per heavy atom. The maximum Gasteiger partial charge on any atom is 0.0471 e. The fraction of sp³-hybridized carbons (Fsp3) is 0.0909. The summed E-state index contributed by atoms with van der Waals surface area (Å²) >= 11 is 0. The van der Waals surface area contributed by atoms with Crippen molar-refractivity contribution in [1.29, 1.82) is 0 Å². The number of hydrogen-bond donors (Lipinski definition) is 1. The minimum absolute atomic E-state index is 0.00236. The molecule has 34 heavy (non-hydrogen) atoms. The second-order valence-corrected chi connectivity index (χ2v) is 10.2. The lowest BCUT2D eigenvalue weighted by atomic mass is 9.82. The molecule has 0 fully saturated rings. The summed E-state index contributed by atoms with van der Waals surface area (Å²) in [7, 11) is 0. The van der Waals surface area contributed by atoms with Crippen molar-refractivity contribution >= 4 is 54.1 Å². The highest BCUT2D eigenvalue weighted by molar-refractivity contribution is 6.35. The molecule has 0 saturated carbocycles. The average Bonchev–Trinajstić information content (AvgIpc) is 3.35. The fourth-order valence-corrected chi connectivity index (χ4v) is 6.58. The Kier molecular flexibility index (Phi) is 3.27. The van der Waals surface area contributed by atoms with Crippen LogP contribution in [0.5, 0.6) is 0 Å². The van der Waals surface area contributed by atoms with Crippen LogP contribution in [-0.2, 0) is 5.41 Å². The van der Waals surface area contributed by atoms with E-state index < -0.39 is 0 Å². The van der Waals surface area contributed by atoms with Crippen LogP contribution in [0.3, 0.4) is 0 Å². The molecule has 1 heterocycles. The smallest absolute Gasteiger partial charge is 0.0471 e. The van der Waals surface area contributed by atoms with Gasteiger partial charge in [0, 0.05) is 32.6 Å². The molecular weight excluding hydrogens is 410 g/mol. The summed E-state index contributed by atoms with van der Waals surface area (Å²) in [6, 6.07) is 36.0. The van der Waals surface area contributed by atoms with Gasteiger partial charge in [-0.25, -0.2) is 0 Å². The molecule has 0 aliphatic heterocycles. The molecule has 7 aromatic rings. The van der Waals surface area contributed by atoms with Gasteiger partial charge in [-0.1, -0.05) is 92.7 Å². The molecule has 0 saturated heterocycles. The van der Waals surface area contributed by atoms with Gasteiger partial charge in [-0.2, -0.15) is 0 Å². The van der Waals surface area contributed by atoms with E-state index in [9.17, 15) is 0 Å². The van der Waals surface area contributed by atoms with Gasteiger partial charge in [0.15, 0.2) is 0 Å². The fourth-order valence-electron chi connectivity index (χ4n) is 6.58. The quantitative estimate of drug-likeness (QED) is 0.230. The minimum atomic E-state index is 0.00236. The highest BCUT2D eigenvalue weighted by Gasteiger charge is 2.35. The Labute approximate surface area is 197 Å². The van der Waals surface area contributed by atoms with Crippen LogP contribution in [0, 0.1) is 0 Å². The highest BCUT2D eigenvalue weighted by Crippen LogP contribution is 2.51. The van der Waals surface area contributed by atoms with Crippen molar-refractivity contribution in [3.63, 3.8) is 0 Å². The van der Waals surface area contributed by atoms with E-state index in [0.29, 0.717) is 0 Å². The molecule has 1 N–H and O–H groups in total. The Morgan fingerprint density at radius 2 is 1.09 bits per heavy atom. The Hall–Kier alpha value is -4.10. The van der Waals surface area contributed by atoms with Gasteiger partial charge in [-0.05, 0) is 67.4 Å². The van der Waals surface area contributed by atoms with E-state index in [4.69, 9.17) is 0 Å². The van der Waals surface area contributed by atoms with Gasteiger partial charge < -0.3 is 4.98 Å². The van der Waals surface area contributed by atoms with Crippen LogP contribution in [0.2, 0.25) is 0 Å². The van der Waals surface area contributed by atoms with E-state index in [2.05, 4.69) is 116 Å². The zero-order valence-electron chi connectivity index (χ0n) is 19.2. The van der Waals surface area contributed by atoms with Crippen molar-refractivity contribution in [2.24, 2.45) is 0 Å². The lowest BCUT2D eigenvalue weighted by Gasteiger charge is -2.21. The predicted octanol–water partition coefficient (Wildman–Crippen LogP) is 9.09. The zero-order valence-corrected chi connectivity index (χ0v) is 19.2. The first-order valence-corrected chi connectivity index (χ1v) is 12.0. The number of rotatable bonds is 0. The van der Waals surface area contributed by atoms with Gasteiger partial charge in [0.25, 0.3) is 0 Å². The molecule has 0 radical (unpaired) electrons. The molecule has 1 nitrogen and oxygen atoms in total. The largest absolute Gasteiger partial charge is 0.354 e. The van der Waals surface area contributed by atoms with Crippen LogP contribution in [-0.4, -0.2) is 4.98 Å². The van der Waals surface area contributed by atoms with Gasteiger partial charge in [0.2, 0.25) is 0 Å². The maximum atomic E-state index is 3.78. The predicted molar refractivity (Wildman–Crippen MR) is 146 cm³/mol. The Balaban J connectivity index is 1.62. The van der Waals surface area contributed by atoms with E-state index in [-0.39, 0.29) is 5.41 Å². The highest BCUT2D eigenvalue weighted by atomic mass is 14.7. The number of nitrogens with one attached hydrogen (secondary N) is 1. The molecule has 0 amide bonds. The molecule has 1 aliphatic carbocycles. The SMILES string of the molecule is CC1(C)c2ccccc2-c2cc3c(cc21)[nH]c1ccc2c4ccccc4c4ccccc4c2c13. The van der Waals surface area contributed by atoms with Gasteiger partial charge in [0.05, 0.1) is 0 Å². The third-order valence-corrected chi connectivity index (χ3v) is 8.17. The van der Waals surface area contributed by atoms with E-state index in [1.807, 2.05) is 0 Å². The van der Waals surface area contributed by atoms with E-state index >= 15 is 0 Å². The van der Waals surface area contributed by atoms with Gasteiger partial charge >= 0.3 is 0 Å². The standard InChI is InChI=1S/C33H23N/c1-33(2)27-14-8-7-12-22(27)25-17-26-30(18-28(25)33)34-29-16-15-24-21-11-4-3-9-19(21)20-10-5-6-13-23(20)31(24)32(26)29/h3-18,34H,1-2H3. The summed E-state index contributed by atoms with van der Waals surface area (Å²) in [4.78, 5) is 3.78. The average molecular weight is 434 g/mol. The maximum absolute atomic E-state index is 3.78. The van der Waals surface area contributed by atoms with Crippen molar-refractivity contribution in [1.82, 2.24) is 4.98 Å². The third-order valence-electron chi connectivity index (χ3n) is 8.17. The molecular formula is C33H23N. The first-order valence-electron chi connectivity index (χ1n) is 12.0. The summed E-state index contributed by atoms with van der Waals surface area (Å²) in [5.74, 6) is 0. The molecule has 0 atom stereocenters. The molecule has 1 aromatic heterocycles. The van der Waals surface area contributed by atoms with Crippen molar-refractivity contribution in [2.75, 3.05) is 0 Å². The van der Waals surface area contributed by atoms with Crippen molar-refractivity contribution in [3.05, 3.63) is 108 Å². The van der Waals surface area contributed by atoms with Crippen LogP contribution >= 0.6 is 0 Å². The van der Waals surface area contributed by atoms with Gasteiger partial charge in [-0.15, -0.1) is 0 Å². The molecule has 0 bridgehead atoms. The number of aromatic amines is 1. The molecule has 0 unspecified atom stereocenters. The molecule has 1 heteroatoms. The number of benzene rings is 6. The molecule has 6 aromatic carbocycles. The molecule has 160 valence electrons. The van der Waals surface area contributed by atoms with Crippen LogP contribution in [0.15, 0.2) is 97.1 Å². The summed E-state index contributed by atoms with van der Waals surface area (Å²) in [5.41, 5.74) is 8.00. The lowest BCUT2D eigenvalue weighted by Crippen LogP contribution is -2.14. The first kappa shape index (κ1) is 18.3. The number of aromatic nitrogens is 1. The van der Waals surface area contributed by atoms with Crippen LogP contribution in [0.4, 0.5) is 0 Å². The first-order chi connectivity index (χ1) is 16.6. The van der Waals surface area contributed by atoms with Crippen molar-refractivity contribution in [3.8, 4) is 11.1 Å². The van der Waals surface area contributed by atoms with Crippen molar-refractivity contribution < 1.29 is 0 Å². The van der Waals surface area contributed by atoms with Crippen LogP contribution < -0.4 is 0 Å². The van der Waals surface area contributed by atoms with E-state index in [0.717, 1.165) is 0 Å². The van der Waals surface area contributed by atoms with Crippen LogP contribution in [0.25, 0.3) is 65.3 Å². The van der Waals surface area contributed by atoms with Gasteiger partial charge in [0.1, 0.15) is 0 Å². The van der Waals surface area contributed by atoms with E-state index in [1.165, 1.54) is 76.4 Å². The summed E-state index contributed by atoms with van der Waals surface area (Å²) < 4.78 is 0. The summed E-state index contributed by atoms with van der Waals surface area (Å²) in [6.45, 7) is 4.70. The summed E-state index contributed by atoms with van der Waals surface area (Å²) in [6.07, 6.45) is 0. The minimum Gasteiger partial charge on any atom is -0.354 e. The normalized spacial score (nSPS) is 14.4. The Morgan fingerprint density at radius 1 is 0.471 bits per heavy atom. The van der Waals surface area contributed by atoms with Gasteiger partial charge in [-0.3, -0.25) is 0 Å². The lowest BCUT2D eigenvalue weighted by molar-refractivity contribution is 0.661. The molecule has 8 rings (SSSR count). The number of H-pyrrole nitrogens is 1. The third kappa shape index (κ3) is 2.11. The van der Waals surface area contributed by atoms with E-state index in [1.54, 1.807) is 0 Å². The zero-order chi connectivity index (χ0) is 22.6. The number of fused-ring (bicyclic) bond motifs is 13. The monoisotopic (exact) mass is 433 g/mol. The Bertz CT molecular complexity index is 1950. The van der Waals surface area contributed by atoms with Crippen LogP contribution in [0.1, 0.15) is 25.0 Å². The second kappa shape index (κ2) is 6.07.